The van der Waals surface area contributed by atoms with Crippen LogP contribution < -0.4 is 11.1 Å². The van der Waals surface area contributed by atoms with Gasteiger partial charge in [-0.15, -0.1) is 0 Å². The van der Waals surface area contributed by atoms with Crippen molar-refractivity contribution in [1.82, 2.24) is 19.8 Å². The third-order valence-corrected chi connectivity index (χ3v) is 8.63. The second kappa shape index (κ2) is 10.2. The SMILES string of the molecule is CNC(C)(C(N)=O)[C@@H](C(=O)N1CCC[C@H]1c1ccnc(-n2ccc3cc(F)ccc32)c1)C1CCCCC1. The van der Waals surface area contributed by atoms with Crippen molar-refractivity contribution in [3.8, 4) is 5.82 Å². The predicted octanol–water partition coefficient (Wildman–Crippen LogP) is 4.49. The summed E-state index contributed by atoms with van der Waals surface area (Å²) in [7, 11) is 1.72. The molecule has 2 aromatic heterocycles. The summed E-state index contributed by atoms with van der Waals surface area (Å²) in [5, 5.41) is 3.92. The van der Waals surface area contributed by atoms with Gasteiger partial charge in [0.05, 0.1) is 17.5 Å². The van der Waals surface area contributed by atoms with Gasteiger partial charge in [-0.05, 0) is 87.5 Å². The molecule has 3 aromatic rings. The molecule has 3 N–H and O–H groups in total. The van der Waals surface area contributed by atoms with Crippen LogP contribution in [0.15, 0.2) is 48.8 Å². The third kappa shape index (κ3) is 4.63. The van der Waals surface area contributed by atoms with Crippen LogP contribution in [0.2, 0.25) is 0 Å². The van der Waals surface area contributed by atoms with Gasteiger partial charge in [0.15, 0.2) is 0 Å². The number of rotatable bonds is 7. The molecule has 2 fully saturated rings. The topological polar surface area (TPSA) is 93.2 Å². The highest BCUT2D eigenvalue weighted by Crippen LogP contribution is 2.41. The molecule has 0 radical (unpaired) electrons. The first-order valence-corrected chi connectivity index (χ1v) is 13.4. The van der Waals surface area contributed by atoms with Crippen LogP contribution in [-0.4, -0.2) is 45.4 Å². The predicted molar refractivity (Wildman–Crippen MR) is 141 cm³/mol. The number of halogens is 1. The average molecular weight is 506 g/mol. The number of nitrogens with zero attached hydrogens (tertiary/aromatic N) is 3. The first-order valence-electron chi connectivity index (χ1n) is 13.4. The van der Waals surface area contributed by atoms with E-state index < -0.39 is 17.4 Å². The van der Waals surface area contributed by atoms with E-state index in [-0.39, 0.29) is 23.7 Å². The number of primary amides is 1. The van der Waals surface area contributed by atoms with Crippen molar-refractivity contribution < 1.29 is 14.0 Å². The van der Waals surface area contributed by atoms with Gasteiger partial charge in [0, 0.05) is 24.3 Å². The van der Waals surface area contributed by atoms with E-state index >= 15 is 0 Å². The van der Waals surface area contributed by atoms with Crippen molar-refractivity contribution in [2.75, 3.05) is 13.6 Å². The maximum Gasteiger partial charge on any atom is 0.238 e. The van der Waals surface area contributed by atoms with Gasteiger partial charge < -0.3 is 20.5 Å². The van der Waals surface area contributed by atoms with E-state index in [1.54, 1.807) is 26.2 Å². The van der Waals surface area contributed by atoms with Gasteiger partial charge >= 0.3 is 0 Å². The van der Waals surface area contributed by atoms with Crippen LogP contribution in [0.3, 0.4) is 0 Å². The maximum absolute atomic E-state index is 14.3. The first kappa shape index (κ1) is 25.4. The van der Waals surface area contributed by atoms with Gasteiger partial charge in [-0.1, -0.05) is 19.3 Å². The van der Waals surface area contributed by atoms with E-state index in [1.165, 1.54) is 12.1 Å². The number of hydrogen-bond acceptors (Lipinski definition) is 4. The first-order chi connectivity index (χ1) is 17.8. The quantitative estimate of drug-likeness (QED) is 0.495. The number of carbonyl (C=O) groups is 2. The van der Waals surface area contributed by atoms with Crippen molar-refractivity contribution in [3.63, 3.8) is 0 Å². The summed E-state index contributed by atoms with van der Waals surface area (Å²) in [4.78, 5) is 33.5. The van der Waals surface area contributed by atoms with Gasteiger partial charge in [0.1, 0.15) is 17.2 Å². The summed E-state index contributed by atoms with van der Waals surface area (Å²) >= 11 is 0. The fraction of sp³-hybridized carbons (Fsp3) is 0.483. The second-order valence-electron chi connectivity index (χ2n) is 10.7. The van der Waals surface area contributed by atoms with E-state index in [2.05, 4.69) is 10.3 Å². The lowest BCUT2D eigenvalue weighted by Gasteiger charge is -2.43. The molecule has 196 valence electrons. The Kier molecular flexibility index (Phi) is 7.03. The molecule has 3 atom stereocenters. The summed E-state index contributed by atoms with van der Waals surface area (Å²) in [6, 6.07) is 10.5. The zero-order chi connectivity index (χ0) is 26.2. The van der Waals surface area contributed by atoms with Crippen LogP contribution in [0.1, 0.15) is 63.5 Å². The number of carbonyl (C=O) groups excluding carboxylic acids is 2. The molecule has 8 heteroatoms. The van der Waals surface area contributed by atoms with Crippen molar-refractivity contribution in [2.45, 2.75) is 63.5 Å². The van der Waals surface area contributed by atoms with Crippen molar-refractivity contribution in [2.24, 2.45) is 17.6 Å². The van der Waals surface area contributed by atoms with Crippen LogP contribution in [0.4, 0.5) is 4.39 Å². The minimum Gasteiger partial charge on any atom is -0.368 e. The summed E-state index contributed by atoms with van der Waals surface area (Å²) < 4.78 is 15.6. The lowest BCUT2D eigenvalue weighted by atomic mass is 9.69. The maximum atomic E-state index is 14.3. The van der Waals surface area contributed by atoms with Gasteiger partial charge in [-0.25, -0.2) is 9.37 Å². The molecule has 7 nitrogen and oxygen atoms in total. The highest BCUT2D eigenvalue weighted by Gasteiger charge is 2.50. The Labute approximate surface area is 217 Å². The Bertz CT molecular complexity index is 1300. The van der Waals surface area contributed by atoms with Crippen LogP contribution in [0.5, 0.6) is 0 Å². The highest BCUT2D eigenvalue weighted by molar-refractivity contribution is 5.93. The van der Waals surface area contributed by atoms with Gasteiger partial charge in [-0.3, -0.25) is 9.59 Å². The van der Waals surface area contributed by atoms with E-state index in [0.717, 1.165) is 67.2 Å². The Balaban J connectivity index is 1.48. The van der Waals surface area contributed by atoms with Crippen LogP contribution in [0.25, 0.3) is 16.7 Å². The van der Waals surface area contributed by atoms with E-state index in [9.17, 15) is 14.0 Å². The monoisotopic (exact) mass is 505 g/mol. The van der Waals surface area contributed by atoms with Gasteiger partial charge in [0.25, 0.3) is 0 Å². The molecule has 2 aliphatic rings. The van der Waals surface area contributed by atoms with E-state index in [1.807, 2.05) is 33.9 Å². The Morgan fingerprint density at radius 3 is 2.62 bits per heavy atom. The Morgan fingerprint density at radius 1 is 1.11 bits per heavy atom. The van der Waals surface area contributed by atoms with Gasteiger partial charge in [-0.2, -0.15) is 0 Å². The molecule has 1 saturated carbocycles. The van der Waals surface area contributed by atoms with Crippen molar-refractivity contribution >= 4 is 22.7 Å². The van der Waals surface area contributed by atoms with Crippen LogP contribution >= 0.6 is 0 Å². The molecular weight excluding hydrogens is 469 g/mol. The number of hydrogen-bond donors (Lipinski definition) is 2. The zero-order valence-electron chi connectivity index (χ0n) is 21.6. The number of amides is 2. The second-order valence-corrected chi connectivity index (χ2v) is 10.7. The highest BCUT2D eigenvalue weighted by atomic mass is 19.1. The van der Waals surface area contributed by atoms with Crippen molar-refractivity contribution in [1.29, 1.82) is 0 Å². The molecular formula is C29H36FN5O2. The normalized spacial score (nSPS) is 21.2. The zero-order valence-corrected chi connectivity index (χ0v) is 21.6. The molecule has 5 rings (SSSR count). The van der Waals surface area contributed by atoms with Crippen molar-refractivity contribution in [3.05, 3.63) is 60.2 Å². The smallest absolute Gasteiger partial charge is 0.238 e. The number of benzene rings is 1. The Morgan fingerprint density at radius 2 is 1.89 bits per heavy atom. The number of nitrogens with two attached hydrogens (primary N) is 1. The summed E-state index contributed by atoms with van der Waals surface area (Å²) in [6.07, 6.45) is 10.6. The minimum absolute atomic E-state index is 0.00491. The standard InChI is InChI=1S/C29H36FN5O2/c1-29(32-2,28(31)37)26(19-7-4-3-5-8-19)27(36)35-15-6-9-23(35)20-12-14-33-25(18-20)34-16-13-21-17-22(30)10-11-24(21)34/h10-14,16-19,23,26,32H,3-9,15H2,1-2H3,(H2,31,37)/t23-,26+,29?/m0/s1. The lowest BCUT2D eigenvalue weighted by molar-refractivity contribution is -0.147. The fourth-order valence-corrected chi connectivity index (χ4v) is 6.46. The summed E-state index contributed by atoms with van der Waals surface area (Å²) in [5.74, 6) is -0.432. The lowest BCUT2D eigenvalue weighted by Crippen LogP contribution is -2.63. The average Bonchev–Trinajstić information content (AvgIpc) is 3.56. The number of fused-ring (bicyclic) bond motifs is 1. The third-order valence-electron chi connectivity index (χ3n) is 8.63. The summed E-state index contributed by atoms with van der Waals surface area (Å²) in [5.41, 5.74) is 6.65. The molecule has 1 aliphatic heterocycles. The number of pyridine rings is 1. The number of likely N-dealkylation sites (N-methyl/N-ethyl adjacent to an activating group) is 1. The van der Waals surface area contributed by atoms with Crippen LogP contribution in [0, 0.1) is 17.7 Å². The fourth-order valence-electron chi connectivity index (χ4n) is 6.46. The van der Waals surface area contributed by atoms with Gasteiger partial charge in [0.2, 0.25) is 11.8 Å². The largest absolute Gasteiger partial charge is 0.368 e. The molecule has 3 heterocycles. The molecule has 0 bridgehead atoms. The molecule has 1 unspecified atom stereocenters. The van der Waals surface area contributed by atoms with E-state index in [4.69, 9.17) is 5.73 Å². The molecule has 37 heavy (non-hydrogen) atoms. The van der Waals surface area contributed by atoms with Crippen LogP contribution in [-0.2, 0) is 9.59 Å². The van der Waals surface area contributed by atoms with E-state index in [0.29, 0.717) is 6.54 Å². The minimum atomic E-state index is -1.12. The molecule has 1 aliphatic carbocycles. The number of likely N-dealkylation sites (tertiary alicyclic amines) is 1. The number of aromatic nitrogens is 2. The molecule has 1 aromatic carbocycles. The molecule has 1 saturated heterocycles. The summed E-state index contributed by atoms with van der Waals surface area (Å²) in [6.45, 7) is 2.43. The number of nitrogens with one attached hydrogen (secondary N) is 1. The molecule has 0 spiro atoms. The molecule has 2 amide bonds. The Hall–Kier alpha value is -3.26.